The molecule has 2 N–H and O–H groups in total. The van der Waals surface area contributed by atoms with E-state index in [9.17, 15) is 13.2 Å². The van der Waals surface area contributed by atoms with Gasteiger partial charge < -0.3 is 10.4 Å². The minimum absolute atomic E-state index is 0.0331. The van der Waals surface area contributed by atoms with Crippen molar-refractivity contribution in [1.29, 1.82) is 0 Å². The molecule has 4 nitrogen and oxygen atoms in total. The fraction of sp³-hybridized carbons (Fsp3) is 0.600. The van der Waals surface area contributed by atoms with E-state index in [4.69, 9.17) is 5.11 Å². The molecule has 94 valence electrons. The van der Waals surface area contributed by atoms with Gasteiger partial charge in [0.1, 0.15) is 5.69 Å². The standard InChI is InChI=1S/C10H12F3N3O/c1-5-2-8(10(11,12)13)16-9(14-5)15-6-3-7(17)4-6/h2,6-7,17H,3-4H2,1H3,(H,14,15,16). The topological polar surface area (TPSA) is 58.0 Å². The third-order valence-electron chi connectivity index (χ3n) is 2.59. The first-order chi connectivity index (χ1) is 7.84. The Balaban J connectivity index is 2.14. The average Bonchev–Trinajstić information content (AvgIpc) is 2.13. The van der Waals surface area contributed by atoms with Crippen LogP contribution in [0.1, 0.15) is 24.2 Å². The number of hydrogen-bond acceptors (Lipinski definition) is 4. The Hall–Kier alpha value is -1.37. The Morgan fingerprint density at radius 3 is 2.53 bits per heavy atom. The Kier molecular flexibility index (Phi) is 2.94. The van der Waals surface area contributed by atoms with E-state index >= 15 is 0 Å². The molecule has 0 bridgehead atoms. The van der Waals surface area contributed by atoms with Gasteiger partial charge in [0.25, 0.3) is 0 Å². The monoisotopic (exact) mass is 247 g/mol. The van der Waals surface area contributed by atoms with Gasteiger partial charge in [-0.3, -0.25) is 0 Å². The highest BCUT2D eigenvalue weighted by Crippen LogP contribution is 2.29. The van der Waals surface area contributed by atoms with E-state index in [0.717, 1.165) is 6.07 Å². The van der Waals surface area contributed by atoms with Gasteiger partial charge >= 0.3 is 6.18 Å². The van der Waals surface area contributed by atoms with Crippen molar-refractivity contribution in [2.75, 3.05) is 5.32 Å². The van der Waals surface area contributed by atoms with Crippen LogP contribution in [-0.4, -0.2) is 27.2 Å². The van der Waals surface area contributed by atoms with Gasteiger partial charge in [-0.25, -0.2) is 9.97 Å². The minimum Gasteiger partial charge on any atom is -0.393 e. The van der Waals surface area contributed by atoms with Gasteiger partial charge in [0.05, 0.1) is 6.10 Å². The third kappa shape index (κ3) is 2.85. The van der Waals surface area contributed by atoms with Crippen molar-refractivity contribution < 1.29 is 18.3 Å². The summed E-state index contributed by atoms with van der Waals surface area (Å²) in [5.41, 5.74) is -0.693. The van der Waals surface area contributed by atoms with E-state index in [1.54, 1.807) is 0 Å². The molecular weight excluding hydrogens is 235 g/mol. The van der Waals surface area contributed by atoms with Gasteiger partial charge in [-0.15, -0.1) is 0 Å². The molecule has 1 fully saturated rings. The quantitative estimate of drug-likeness (QED) is 0.835. The lowest BCUT2D eigenvalue weighted by Gasteiger charge is -2.32. The number of aliphatic hydroxyl groups is 1. The van der Waals surface area contributed by atoms with E-state index in [1.807, 2.05) is 0 Å². The average molecular weight is 247 g/mol. The van der Waals surface area contributed by atoms with Crippen LogP contribution in [0, 0.1) is 6.92 Å². The first kappa shape index (κ1) is 12.1. The van der Waals surface area contributed by atoms with E-state index < -0.39 is 11.9 Å². The summed E-state index contributed by atoms with van der Waals surface area (Å²) in [6, 6.07) is 0.855. The first-order valence-corrected chi connectivity index (χ1v) is 5.22. The third-order valence-corrected chi connectivity index (χ3v) is 2.59. The zero-order valence-electron chi connectivity index (χ0n) is 9.12. The number of hydrogen-bond donors (Lipinski definition) is 2. The van der Waals surface area contributed by atoms with Crippen LogP contribution in [0.15, 0.2) is 6.07 Å². The van der Waals surface area contributed by atoms with Crippen LogP contribution < -0.4 is 5.32 Å². The molecule has 0 saturated heterocycles. The number of aromatic nitrogens is 2. The molecule has 0 spiro atoms. The zero-order chi connectivity index (χ0) is 12.6. The van der Waals surface area contributed by atoms with Gasteiger partial charge in [-0.2, -0.15) is 13.2 Å². The Morgan fingerprint density at radius 2 is 2.00 bits per heavy atom. The van der Waals surface area contributed by atoms with Gasteiger partial charge in [0.15, 0.2) is 0 Å². The van der Waals surface area contributed by atoms with Crippen molar-refractivity contribution in [3.05, 3.63) is 17.5 Å². The maximum atomic E-state index is 12.5. The number of nitrogens with zero attached hydrogens (tertiary/aromatic N) is 2. The van der Waals surface area contributed by atoms with Crippen molar-refractivity contribution in [2.24, 2.45) is 0 Å². The molecule has 2 rings (SSSR count). The fourth-order valence-electron chi connectivity index (χ4n) is 1.67. The molecule has 0 aromatic carbocycles. The molecule has 1 heterocycles. The van der Waals surface area contributed by atoms with E-state index in [-0.39, 0.29) is 23.8 Å². The second kappa shape index (κ2) is 4.14. The first-order valence-electron chi connectivity index (χ1n) is 5.22. The van der Waals surface area contributed by atoms with Crippen LogP contribution >= 0.6 is 0 Å². The highest BCUT2D eigenvalue weighted by Gasteiger charge is 2.34. The highest BCUT2D eigenvalue weighted by molar-refractivity contribution is 5.31. The number of halogens is 3. The Labute approximate surface area is 95.9 Å². The van der Waals surface area contributed by atoms with Crippen LogP contribution in [0.25, 0.3) is 0 Å². The van der Waals surface area contributed by atoms with E-state index in [1.165, 1.54) is 6.92 Å². The van der Waals surface area contributed by atoms with Crippen LogP contribution in [0.4, 0.5) is 19.1 Å². The van der Waals surface area contributed by atoms with E-state index in [0.29, 0.717) is 12.8 Å². The van der Waals surface area contributed by atoms with Crippen molar-refractivity contribution >= 4 is 5.95 Å². The van der Waals surface area contributed by atoms with Crippen LogP contribution in [0.5, 0.6) is 0 Å². The normalized spacial score (nSPS) is 24.3. The molecule has 0 radical (unpaired) electrons. The fourth-order valence-corrected chi connectivity index (χ4v) is 1.67. The van der Waals surface area contributed by atoms with E-state index in [2.05, 4.69) is 15.3 Å². The number of alkyl halides is 3. The second-order valence-corrected chi connectivity index (χ2v) is 4.18. The summed E-state index contributed by atoms with van der Waals surface area (Å²) in [7, 11) is 0. The molecule has 0 unspecified atom stereocenters. The van der Waals surface area contributed by atoms with Crippen molar-refractivity contribution in [3.63, 3.8) is 0 Å². The minimum atomic E-state index is -4.47. The Morgan fingerprint density at radius 1 is 1.35 bits per heavy atom. The molecule has 0 atom stereocenters. The zero-order valence-corrected chi connectivity index (χ0v) is 9.12. The van der Waals surface area contributed by atoms with Crippen LogP contribution in [0.3, 0.4) is 0 Å². The summed E-state index contributed by atoms with van der Waals surface area (Å²) in [5, 5.41) is 11.9. The lowest BCUT2D eigenvalue weighted by Crippen LogP contribution is -2.39. The maximum absolute atomic E-state index is 12.5. The molecule has 1 saturated carbocycles. The molecule has 1 aliphatic carbocycles. The van der Waals surface area contributed by atoms with Gasteiger partial charge in [-0.1, -0.05) is 0 Å². The smallest absolute Gasteiger partial charge is 0.393 e. The van der Waals surface area contributed by atoms with Crippen molar-refractivity contribution in [1.82, 2.24) is 9.97 Å². The molecule has 1 aliphatic rings. The lowest BCUT2D eigenvalue weighted by atomic mass is 9.90. The molecule has 0 aliphatic heterocycles. The number of aryl methyl sites for hydroxylation is 1. The van der Waals surface area contributed by atoms with Gasteiger partial charge in [0, 0.05) is 11.7 Å². The summed E-state index contributed by atoms with van der Waals surface area (Å²) in [6.07, 6.45) is -3.82. The molecule has 17 heavy (non-hydrogen) atoms. The summed E-state index contributed by atoms with van der Waals surface area (Å²) in [5.74, 6) is -0.0331. The van der Waals surface area contributed by atoms with Crippen LogP contribution in [-0.2, 0) is 6.18 Å². The number of rotatable bonds is 2. The highest BCUT2D eigenvalue weighted by atomic mass is 19.4. The summed E-state index contributed by atoms with van der Waals surface area (Å²) < 4.78 is 37.5. The molecule has 7 heteroatoms. The van der Waals surface area contributed by atoms with Gasteiger partial charge in [0.2, 0.25) is 5.95 Å². The lowest BCUT2D eigenvalue weighted by molar-refractivity contribution is -0.141. The summed E-state index contributed by atoms with van der Waals surface area (Å²) in [6.45, 7) is 1.48. The van der Waals surface area contributed by atoms with Crippen molar-refractivity contribution in [2.45, 2.75) is 38.1 Å². The molecule has 1 aromatic rings. The number of aliphatic hydroxyl groups excluding tert-OH is 1. The van der Waals surface area contributed by atoms with Crippen LogP contribution in [0.2, 0.25) is 0 Å². The maximum Gasteiger partial charge on any atom is 0.433 e. The largest absolute Gasteiger partial charge is 0.433 e. The molecular formula is C10H12F3N3O. The Bertz CT molecular complexity index is 416. The molecule has 0 amide bonds. The van der Waals surface area contributed by atoms with Crippen molar-refractivity contribution in [3.8, 4) is 0 Å². The SMILES string of the molecule is Cc1cc(C(F)(F)F)nc(NC2CC(O)C2)n1. The predicted molar refractivity (Wildman–Crippen MR) is 54.4 cm³/mol. The summed E-state index contributed by atoms with van der Waals surface area (Å²) >= 11 is 0. The van der Waals surface area contributed by atoms with Gasteiger partial charge in [-0.05, 0) is 25.8 Å². The summed E-state index contributed by atoms with van der Waals surface area (Å²) in [4.78, 5) is 7.31. The number of nitrogens with one attached hydrogen (secondary N) is 1. The number of anilines is 1. The second-order valence-electron chi connectivity index (χ2n) is 4.18. The molecule has 1 aromatic heterocycles. The predicted octanol–water partition coefficient (Wildman–Crippen LogP) is 1.74.